The first-order valence-electron chi connectivity index (χ1n) is 4.59. The Bertz CT molecular complexity index is 500. The molecule has 1 aliphatic rings. The summed E-state index contributed by atoms with van der Waals surface area (Å²) in [4.78, 5) is 14.6. The molecule has 0 saturated heterocycles. The Balaban J connectivity index is 2.25. The van der Waals surface area contributed by atoms with Gasteiger partial charge in [-0.25, -0.2) is 4.98 Å². The predicted octanol–water partition coefficient (Wildman–Crippen LogP) is 1.91. The van der Waals surface area contributed by atoms with Crippen molar-refractivity contribution in [3.05, 3.63) is 23.5 Å². The third kappa shape index (κ3) is 1.04. The monoisotopic (exact) mass is 188 g/mol. The number of hydrogen-bond acceptors (Lipinski definition) is 4. The first kappa shape index (κ1) is 7.67. The molecule has 0 aliphatic heterocycles. The fourth-order valence-corrected chi connectivity index (χ4v) is 1.58. The molecule has 1 fully saturated rings. The van der Waals surface area contributed by atoms with Crippen molar-refractivity contribution >= 4 is 17.4 Å². The molecule has 0 radical (unpaired) electrons. The molecule has 0 amide bonds. The third-order valence-corrected chi connectivity index (χ3v) is 2.48. The van der Waals surface area contributed by atoms with Crippen LogP contribution < -0.4 is 0 Å². The molecule has 0 bridgehead atoms. The molecule has 2 aromatic heterocycles. The van der Waals surface area contributed by atoms with Gasteiger partial charge in [0.25, 0.3) is 5.71 Å². The summed E-state index contributed by atoms with van der Waals surface area (Å²) >= 11 is 0. The van der Waals surface area contributed by atoms with E-state index in [9.17, 15) is 4.79 Å². The maximum Gasteiger partial charge on any atom is 0.257 e. The Labute approximate surface area is 79.9 Å². The van der Waals surface area contributed by atoms with Crippen LogP contribution in [0, 0.1) is 0 Å². The number of carbonyl (C=O) groups excluding carboxylic acids is 1. The van der Waals surface area contributed by atoms with Crippen molar-refractivity contribution < 1.29 is 9.32 Å². The van der Waals surface area contributed by atoms with Gasteiger partial charge in [-0.15, -0.1) is 0 Å². The summed E-state index contributed by atoms with van der Waals surface area (Å²) in [7, 11) is 0. The van der Waals surface area contributed by atoms with Crippen LogP contribution in [0.25, 0.3) is 11.1 Å². The average Bonchev–Trinajstić information content (AvgIpc) is 2.98. The second kappa shape index (κ2) is 2.64. The zero-order valence-electron chi connectivity index (χ0n) is 7.43. The number of pyridine rings is 1. The van der Waals surface area contributed by atoms with Crippen LogP contribution in [0.4, 0.5) is 0 Å². The van der Waals surface area contributed by atoms with Crippen LogP contribution >= 0.6 is 0 Å². The predicted molar refractivity (Wildman–Crippen MR) is 49.2 cm³/mol. The van der Waals surface area contributed by atoms with Gasteiger partial charge >= 0.3 is 0 Å². The van der Waals surface area contributed by atoms with E-state index in [2.05, 4.69) is 10.1 Å². The number of nitrogens with zero attached hydrogens (tertiary/aromatic N) is 2. The zero-order chi connectivity index (χ0) is 9.54. The minimum absolute atomic E-state index is 0.514. The van der Waals surface area contributed by atoms with Crippen molar-refractivity contribution in [2.24, 2.45) is 0 Å². The van der Waals surface area contributed by atoms with Crippen molar-refractivity contribution in [3.63, 3.8) is 0 Å². The molecule has 3 rings (SSSR count). The summed E-state index contributed by atoms with van der Waals surface area (Å²) in [5.74, 6) is 0.514. The van der Waals surface area contributed by atoms with Crippen LogP contribution in [-0.4, -0.2) is 16.4 Å². The van der Waals surface area contributed by atoms with Gasteiger partial charge in [-0.2, -0.15) is 0 Å². The maximum absolute atomic E-state index is 10.6. The molecule has 4 nitrogen and oxygen atoms in total. The quantitative estimate of drug-likeness (QED) is 0.675. The standard InChI is InChI=1S/C10H8N2O2/c13-5-6-3-8-9(7-1-2-7)12-14-10(8)11-4-6/h3-5,7H,1-2H2. The van der Waals surface area contributed by atoms with E-state index < -0.39 is 0 Å². The topological polar surface area (TPSA) is 56.0 Å². The van der Waals surface area contributed by atoms with E-state index in [1.54, 1.807) is 6.07 Å². The highest BCUT2D eigenvalue weighted by molar-refractivity contribution is 5.84. The highest BCUT2D eigenvalue weighted by Crippen LogP contribution is 2.42. The number of aldehydes is 1. The number of carbonyl (C=O) groups is 1. The molecular formula is C10H8N2O2. The van der Waals surface area contributed by atoms with Crippen LogP contribution in [0.5, 0.6) is 0 Å². The van der Waals surface area contributed by atoms with Gasteiger partial charge in [-0.1, -0.05) is 5.16 Å². The highest BCUT2D eigenvalue weighted by Gasteiger charge is 2.29. The van der Waals surface area contributed by atoms with Crippen LogP contribution in [0.1, 0.15) is 34.8 Å². The molecule has 0 N–H and O–H groups in total. The first-order valence-corrected chi connectivity index (χ1v) is 4.59. The molecule has 1 saturated carbocycles. The fourth-order valence-electron chi connectivity index (χ4n) is 1.58. The molecule has 2 aromatic rings. The Morgan fingerprint density at radius 1 is 1.50 bits per heavy atom. The van der Waals surface area contributed by atoms with Gasteiger partial charge < -0.3 is 4.52 Å². The van der Waals surface area contributed by atoms with Gasteiger partial charge in [-0.3, -0.25) is 4.79 Å². The summed E-state index contributed by atoms with van der Waals surface area (Å²) in [6, 6.07) is 1.79. The Morgan fingerprint density at radius 2 is 2.36 bits per heavy atom. The molecule has 0 spiro atoms. The third-order valence-electron chi connectivity index (χ3n) is 2.48. The summed E-state index contributed by atoms with van der Waals surface area (Å²) in [5.41, 5.74) is 2.05. The maximum atomic E-state index is 10.6. The van der Waals surface area contributed by atoms with E-state index in [4.69, 9.17) is 4.52 Å². The second-order valence-electron chi connectivity index (χ2n) is 3.58. The molecule has 2 heterocycles. The van der Waals surface area contributed by atoms with Crippen molar-refractivity contribution in [1.29, 1.82) is 0 Å². The minimum atomic E-state index is 0.514. The van der Waals surface area contributed by atoms with Crippen molar-refractivity contribution in [1.82, 2.24) is 10.1 Å². The van der Waals surface area contributed by atoms with Gasteiger partial charge in [0, 0.05) is 17.7 Å². The lowest BCUT2D eigenvalue weighted by Crippen LogP contribution is -1.84. The SMILES string of the molecule is O=Cc1cnc2onc(C3CC3)c2c1. The number of hydrogen-bond donors (Lipinski definition) is 0. The van der Waals surface area contributed by atoms with Crippen molar-refractivity contribution in [3.8, 4) is 0 Å². The van der Waals surface area contributed by atoms with Gasteiger partial charge in [-0.05, 0) is 18.9 Å². The second-order valence-corrected chi connectivity index (χ2v) is 3.58. The summed E-state index contributed by atoms with van der Waals surface area (Å²) in [6.07, 6.45) is 4.60. The molecule has 70 valence electrons. The van der Waals surface area contributed by atoms with Crippen molar-refractivity contribution in [2.75, 3.05) is 0 Å². The van der Waals surface area contributed by atoms with Gasteiger partial charge in [0.1, 0.15) is 0 Å². The van der Waals surface area contributed by atoms with E-state index >= 15 is 0 Å². The smallest absolute Gasteiger partial charge is 0.257 e. The lowest BCUT2D eigenvalue weighted by molar-refractivity contribution is 0.112. The van der Waals surface area contributed by atoms with E-state index in [0.29, 0.717) is 17.2 Å². The molecule has 14 heavy (non-hydrogen) atoms. The van der Waals surface area contributed by atoms with Crippen LogP contribution in [-0.2, 0) is 0 Å². The van der Waals surface area contributed by atoms with Gasteiger partial charge in [0.2, 0.25) is 0 Å². The minimum Gasteiger partial charge on any atom is -0.336 e. The zero-order valence-corrected chi connectivity index (χ0v) is 7.43. The van der Waals surface area contributed by atoms with E-state index in [0.717, 1.165) is 30.2 Å². The Morgan fingerprint density at radius 3 is 3.07 bits per heavy atom. The molecule has 1 aliphatic carbocycles. The molecule has 0 unspecified atom stereocenters. The van der Waals surface area contributed by atoms with E-state index in [1.807, 2.05) is 0 Å². The first-order chi connectivity index (χ1) is 6.88. The van der Waals surface area contributed by atoms with Crippen molar-refractivity contribution in [2.45, 2.75) is 18.8 Å². The summed E-state index contributed by atoms with van der Waals surface area (Å²) in [5, 5.41) is 4.87. The number of rotatable bonds is 2. The van der Waals surface area contributed by atoms with Gasteiger partial charge in [0.05, 0.1) is 11.1 Å². The molecular weight excluding hydrogens is 180 g/mol. The van der Waals surface area contributed by atoms with Crippen LogP contribution in [0.2, 0.25) is 0 Å². The van der Waals surface area contributed by atoms with E-state index in [1.165, 1.54) is 6.20 Å². The average molecular weight is 188 g/mol. The van der Waals surface area contributed by atoms with Crippen LogP contribution in [0.15, 0.2) is 16.8 Å². The lowest BCUT2D eigenvalue weighted by atomic mass is 10.1. The normalized spacial score (nSPS) is 16.0. The summed E-state index contributed by atoms with van der Waals surface area (Å²) < 4.78 is 5.07. The lowest BCUT2D eigenvalue weighted by Gasteiger charge is -1.91. The Hall–Kier alpha value is -1.71. The number of aromatic nitrogens is 2. The molecule has 0 atom stereocenters. The fraction of sp³-hybridized carbons (Fsp3) is 0.300. The van der Waals surface area contributed by atoms with E-state index in [-0.39, 0.29) is 0 Å². The molecule has 4 heteroatoms. The van der Waals surface area contributed by atoms with Gasteiger partial charge in [0.15, 0.2) is 6.29 Å². The highest BCUT2D eigenvalue weighted by atomic mass is 16.5. The Kier molecular flexibility index (Phi) is 1.45. The molecule has 0 aromatic carbocycles. The summed E-state index contributed by atoms with van der Waals surface area (Å²) in [6.45, 7) is 0. The van der Waals surface area contributed by atoms with Crippen LogP contribution in [0.3, 0.4) is 0 Å². The largest absolute Gasteiger partial charge is 0.336 e. The number of fused-ring (bicyclic) bond motifs is 1.